The van der Waals surface area contributed by atoms with Gasteiger partial charge in [0.2, 0.25) is 0 Å². The average Bonchev–Trinajstić information content (AvgIpc) is 2.90. The van der Waals surface area contributed by atoms with E-state index in [-0.39, 0.29) is 0 Å². The van der Waals surface area contributed by atoms with E-state index in [2.05, 4.69) is 58.3 Å². The summed E-state index contributed by atoms with van der Waals surface area (Å²) in [5.74, 6) is 0.559. The van der Waals surface area contributed by atoms with E-state index in [1.165, 1.54) is 5.56 Å². The first-order valence-electron chi connectivity index (χ1n) is 7.63. The van der Waals surface area contributed by atoms with Crippen molar-refractivity contribution < 1.29 is 5.11 Å². The molecule has 112 valence electrons. The van der Waals surface area contributed by atoms with Gasteiger partial charge in [0, 0.05) is 6.54 Å². The van der Waals surface area contributed by atoms with Gasteiger partial charge in [-0.3, -0.25) is 4.68 Å². The summed E-state index contributed by atoms with van der Waals surface area (Å²) >= 11 is 3.55. The van der Waals surface area contributed by atoms with Crippen LogP contribution in [0.1, 0.15) is 49.8 Å². The second kappa shape index (κ2) is 5.93. The molecule has 0 atom stereocenters. The lowest BCUT2D eigenvalue weighted by Crippen LogP contribution is -2.33. The largest absolute Gasteiger partial charge is 0.384 e. The maximum Gasteiger partial charge on any atom is 0.107 e. The Morgan fingerprint density at radius 3 is 2.57 bits per heavy atom. The molecule has 1 N–H and O–H groups in total. The van der Waals surface area contributed by atoms with E-state index in [9.17, 15) is 5.11 Å². The first kappa shape index (κ1) is 14.8. The summed E-state index contributed by atoms with van der Waals surface area (Å²) in [6, 6.07) is 10.6. The van der Waals surface area contributed by atoms with Crippen LogP contribution in [0, 0.1) is 0 Å². The molecule has 1 heterocycles. The fourth-order valence-corrected chi connectivity index (χ4v) is 4.12. The Morgan fingerprint density at radius 2 is 1.95 bits per heavy atom. The van der Waals surface area contributed by atoms with Crippen molar-refractivity contribution in [3.63, 3.8) is 0 Å². The molecule has 21 heavy (non-hydrogen) atoms. The lowest BCUT2D eigenvalue weighted by molar-refractivity contribution is -0.0141. The van der Waals surface area contributed by atoms with Crippen LogP contribution in [0.3, 0.4) is 0 Å². The highest BCUT2D eigenvalue weighted by Gasteiger charge is 2.39. The Hall–Kier alpha value is -1.13. The summed E-state index contributed by atoms with van der Waals surface area (Å²) in [5.41, 5.74) is 1.58. The second-order valence-corrected chi connectivity index (χ2v) is 6.73. The van der Waals surface area contributed by atoms with E-state index in [4.69, 9.17) is 0 Å². The van der Waals surface area contributed by atoms with E-state index in [0.29, 0.717) is 5.92 Å². The summed E-state index contributed by atoms with van der Waals surface area (Å²) in [4.78, 5) is 0. The zero-order chi connectivity index (χ0) is 14.9. The number of halogens is 1. The van der Waals surface area contributed by atoms with Gasteiger partial charge in [-0.25, -0.2) is 0 Å². The van der Waals surface area contributed by atoms with Crippen LogP contribution in [0.15, 0.2) is 41.0 Å². The van der Waals surface area contributed by atoms with Crippen LogP contribution in [-0.4, -0.2) is 14.9 Å². The van der Waals surface area contributed by atoms with Crippen molar-refractivity contribution in [2.45, 2.75) is 50.7 Å². The summed E-state index contributed by atoms with van der Waals surface area (Å²) < 4.78 is 2.83. The third-order valence-corrected chi connectivity index (χ3v) is 5.20. The van der Waals surface area contributed by atoms with Crippen LogP contribution >= 0.6 is 15.9 Å². The Kier molecular flexibility index (Phi) is 4.18. The Balaban J connectivity index is 1.79. The van der Waals surface area contributed by atoms with Gasteiger partial charge < -0.3 is 5.11 Å². The summed E-state index contributed by atoms with van der Waals surface area (Å²) in [6.07, 6.45) is 5.40. The quantitative estimate of drug-likeness (QED) is 0.901. The predicted octanol–water partition coefficient (Wildman–Crippen LogP) is 4.21. The molecule has 1 fully saturated rings. The van der Waals surface area contributed by atoms with Gasteiger partial charge >= 0.3 is 0 Å². The highest BCUT2D eigenvalue weighted by molar-refractivity contribution is 9.10. The molecule has 0 aliphatic heterocycles. The van der Waals surface area contributed by atoms with E-state index in [1.54, 1.807) is 6.20 Å². The summed E-state index contributed by atoms with van der Waals surface area (Å²) in [7, 11) is 0. The van der Waals surface area contributed by atoms with E-state index in [0.717, 1.165) is 42.4 Å². The number of aliphatic hydroxyl groups is 1. The van der Waals surface area contributed by atoms with E-state index in [1.807, 2.05) is 4.68 Å². The number of aromatic nitrogens is 2. The molecule has 3 rings (SSSR count). The predicted molar refractivity (Wildman–Crippen MR) is 87.1 cm³/mol. The minimum Gasteiger partial charge on any atom is -0.384 e. The average molecular weight is 349 g/mol. The van der Waals surface area contributed by atoms with Crippen LogP contribution in [0.5, 0.6) is 0 Å². The number of aryl methyl sites for hydroxylation is 1. The molecule has 1 aromatic carbocycles. The molecule has 0 radical (unpaired) electrons. The standard InChI is InChI=1S/C17H21BrN2O/c1-2-20-16(15(18)12-19-20)17(21)10-8-14(9-11-17)13-6-4-3-5-7-13/h3-7,12,14,21H,2,8-11H2,1H3. The van der Waals surface area contributed by atoms with Crippen LogP contribution in [0.2, 0.25) is 0 Å². The van der Waals surface area contributed by atoms with E-state index >= 15 is 0 Å². The maximum absolute atomic E-state index is 11.1. The van der Waals surface area contributed by atoms with Crippen molar-refractivity contribution in [3.8, 4) is 0 Å². The molecular formula is C17H21BrN2O. The minimum absolute atomic E-state index is 0.559. The van der Waals surface area contributed by atoms with Crippen LogP contribution in [0.25, 0.3) is 0 Å². The van der Waals surface area contributed by atoms with Crippen molar-refractivity contribution in [2.75, 3.05) is 0 Å². The van der Waals surface area contributed by atoms with Gasteiger partial charge in [-0.05, 0) is 60.0 Å². The lowest BCUT2D eigenvalue weighted by atomic mass is 9.74. The number of benzene rings is 1. The first-order chi connectivity index (χ1) is 10.1. The van der Waals surface area contributed by atoms with Gasteiger partial charge in [-0.1, -0.05) is 30.3 Å². The zero-order valence-corrected chi connectivity index (χ0v) is 13.9. The Morgan fingerprint density at radius 1 is 1.29 bits per heavy atom. The molecule has 1 aliphatic carbocycles. The monoisotopic (exact) mass is 348 g/mol. The molecule has 0 unspecified atom stereocenters. The fraction of sp³-hybridized carbons (Fsp3) is 0.471. The maximum atomic E-state index is 11.1. The SMILES string of the molecule is CCn1ncc(Br)c1C1(O)CCC(c2ccccc2)CC1. The number of hydrogen-bond donors (Lipinski definition) is 1. The molecule has 3 nitrogen and oxygen atoms in total. The summed E-state index contributed by atoms with van der Waals surface area (Å²) in [6.45, 7) is 2.84. The number of nitrogens with zero attached hydrogens (tertiary/aromatic N) is 2. The van der Waals surface area contributed by atoms with Crippen LogP contribution < -0.4 is 0 Å². The number of hydrogen-bond acceptors (Lipinski definition) is 2. The molecule has 0 amide bonds. The smallest absolute Gasteiger partial charge is 0.107 e. The third-order valence-electron chi connectivity index (χ3n) is 4.62. The van der Waals surface area contributed by atoms with Gasteiger partial charge in [-0.15, -0.1) is 0 Å². The van der Waals surface area contributed by atoms with Crippen molar-refractivity contribution in [1.29, 1.82) is 0 Å². The van der Waals surface area contributed by atoms with Crippen molar-refractivity contribution in [3.05, 3.63) is 52.3 Å². The molecule has 4 heteroatoms. The van der Waals surface area contributed by atoms with Crippen LogP contribution in [0.4, 0.5) is 0 Å². The van der Waals surface area contributed by atoms with Crippen molar-refractivity contribution in [2.24, 2.45) is 0 Å². The lowest BCUT2D eigenvalue weighted by Gasteiger charge is -2.36. The van der Waals surface area contributed by atoms with Gasteiger partial charge in [0.15, 0.2) is 0 Å². The second-order valence-electron chi connectivity index (χ2n) is 5.87. The highest BCUT2D eigenvalue weighted by Crippen LogP contribution is 2.45. The van der Waals surface area contributed by atoms with Crippen molar-refractivity contribution in [1.82, 2.24) is 9.78 Å². The minimum atomic E-state index is -0.753. The number of rotatable bonds is 3. The van der Waals surface area contributed by atoms with Crippen LogP contribution in [-0.2, 0) is 12.1 Å². The summed E-state index contributed by atoms with van der Waals surface area (Å²) in [5, 5.41) is 15.4. The Bertz CT molecular complexity index is 601. The molecule has 2 aromatic rings. The van der Waals surface area contributed by atoms with Gasteiger partial charge in [0.25, 0.3) is 0 Å². The van der Waals surface area contributed by atoms with Gasteiger partial charge in [-0.2, -0.15) is 5.10 Å². The third kappa shape index (κ3) is 2.79. The van der Waals surface area contributed by atoms with E-state index < -0.39 is 5.60 Å². The molecule has 1 aliphatic rings. The van der Waals surface area contributed by atoms with Gasteiger partial charge in [0.05, 0.1) is 16.4 Å². The first-order valence-corrected chi connectivity index (χ1v) is 8.42. The molecule has 0 saturated heterocycles. The molecule has 1 saturated carbocycles. The Labute approximate surface area is 134 Å². The molecular weight excluding hydrogens is 328 g/mol. The topological polar surface area (TPSA) is 38.0 Å². The molecule has 1 aromatic heterocycles. The molecule has 0 spiro atoms. The fourth-order valence-electron chi connectivity index (χ4n) is 3.46. The zero-order valence-electron chi connectivity index (χ0n) is 12.3. The van der Waals surface area contributed by atoms with Gasteiger partial charge in [0.1, 0.15) is 5.60 Å². The van der Waals surface area contributed by atoms with Crippen molar-refractivity contribution >= 4 is 15.9 Å². The molecule has 0 bridgehead atoms. The highest BCUT2D eigenvalue weighted by atomic mass is 79.9. The normalized spacial score (nSPS) is 26.0.